The predicted molar refractivity (Wildman–Crippen MR) is 74.5 cm³/mol. The molecule has 2 aliphatic rings. The van der Waals surface area contributed by atoms with E-state index in [1.54, 1.807) is 13.2 Å². The Labute approximate surface area is 117 Å². The van der Waals surface area contributed by atoms with Crippen LogP contribution in [0.2, 0.25) is 0 Å². The van der Waals surface area contributed by atoms with Crippen LogP contribution < -0.4 is 5.32 Å². The largest absolute Gasteiger partial charge is 0.356 e. The van der Waals surface area contributed by atoms with Gasteiger partial charge in [0.2, 0.25) is 5.95 Å². The van der Waals surface area contributed by atoms with E-state index in [0.29, 0.717) is 18.1 Å². The summed E-state index contributed by atoms with van der Waals surface area (Å²) in [4.78, 5) is 18.2. The number of fused-ring (bicyclic) bond motifs is 1. The third-order valence-electron chi connectivity index (χ3n) is 3.93. The van der Waals surface area contributed by atoms with Crippen LogP contribution >= 0.6 is 0 Å². The monoisotopic (exact) mass is 298 g/mol. The van der Waals surface area contributed by atoms with Crippen LogP contribution in [0.1, 0.15) is 23.3 Å². The zero-order chi connectivity index (χ0) is 14.3. The molecule has 0 aliphatic carbocycles. The van der Waals surface area contributed by atoms with E-state index in [4.69, 9.17) is 0 Å². The number of anilines is 1. The van der Waals surface area contributed by atoms with E-state index >= 15 is 0 Å². The smallest absolute Gasteiger partial charge is 0.274 e. The van der Waals surface area contributed by atoms with Gasteiger partial charge in [0.25, 0.3) is 5.91 Å². The van der Waals surface area contributed by atoms with E-state index in [1.807, 2.05) is 4.57 Å². The summed E-state index contributed by atoms with van der Waals surface area (Å²) in [7, 11) is -1.34. The maximum Gasteiger partial charge on any atom is 0.274 e. The Balaban J connectivity index is 1.77. The van der Waals surface area contributed by atoms with Gasteiger partial charge >= 0.3 is 0 Å². The number of hydrogen-bond donors (Lipinski definition) is 1. The van der Waals surface area contributed by atoms with Crippen molar-refractivity contribution >= 4 is 21.7 Å². The van der Waals surface area contributed by atoms with E-state index in [-0.39, 0.29) is 23.5 Å². The Bertz CT molecular complexity index is 614. The first-order valence-electron chi connectivity index (χ1n) is 6.75. The highest BCUT2D eigenvalue weighted by molar-refractivity contribution is 7.91. The molecule has 0 aromatic carbocycles. The summed E-state index contributed by atoms with van der Waals surface area (Å²) in [6, 6.07) is -0.237. The van der Waals surface area contributed by atoms with Gasteiger partial charge in [-0.3, -0.25) is 4.79 Å². The summed E-state index contributed by atoms with van der Waals surface area (Å²) in [5.74, 6) is 0.722. The van der Waals surface area contributed by atoms with E-state index in [2.05, 4.69) is 10.3 Å². The van der Waals surface area contributed by atoms with Crippen molar-refractivity contribution in [1.29, 1.82) is 0 Å². The summed E-state index contributed by atoms with van der Waals surface area (Å²) >= 11 is 0. The molecule has 1 aromatic heterocycles. The van der Waals surface area contributed by atoms with Crippen LogP contribution in [0.5, 0.6) is 0 Å². The molecule has 0 radical (unpaired) electrons. The minimum atomic E-state index is -2.99. The molecule has 1 fully saturated rings. The van der Waals surface area contributed by atoms with Gasteiger partial charge in [-0.2, -0.15) is 0 Å². The topological polar surface area (TPSA) is 84.3 Å². The maximum absolute atomic E-state index is 12.4. The van der Waals surface area contributed by atoms with Gasteiger partial charge in [-0.05, 0) is 12.8 Å². The van der Waals surface area contributed by atoms with Crippen LogP contribution in [0.25, 0.3) is 0 Å². The lowest BCUT2D eigenvalue weighted by atomic mass is 10.2. The Morgan fingerprint density at radius 1 is 1.55 bits per heavy atom. The molecule has 2 aliphatic heterocycles. The first-order chi connectivity index (χ1) is 9.46. The zero-order valence-corrected chi connectivity index (χ0v) is 12.2. The van der Waals surface area contributed by atoms with Gasteiger partial charge in [-0.15, -0.1) is 0 Å². The number of carbonyl (C=O) groups is 1. The first-order valence-corrected chi connectivity index (χ1v) is 8.57. The molecule has 1 aromatic rings. The third-order valence-corrected chi connectivity index (χ3v) is 5.68. The molecule has 1 amide bonds. The first kappa shape index (κ1) is 13.4. The molecule has 0 saturated carbocycles. The number of carbonyl (C=O) groups excluding carboxylic acids is 1. The number of hydrogen-bond acceptors (Lipinski definition) is 5. The van der Waals surface area contributed by atoms with Crippen LogP contribution in [0.15, 0.2) is 6.20 Å². The van der Waals surface area contributed by atoms with Crippen molar-refractivity contribution < 1.29 is 13.2 Å². The second-order valence-electron chi connectivity index (χ2n) is 5.40. The Morgan fingerprint density at radius 2 is 2.35 bits per heavy atom. The highest BCUT2D eigenvalue weighted by Gasteiger charge is 2.33. The number of aryl methyl sites for hydroxylation is 1. The fourth-order valence-corrected chi connectivity index (χ4v) is 4.48. The Kier molecular flexibility index (Phi) is 3.19. The van der Waals surface area contributed by atoms with E-state index in [1.165, 1.54) is 4.90 Å². The van der Waals surface area contributed by atoms with Crippen molar-refractivity contribution in [3.05, 3.63) is 11.9 Å². The van der Waals surface area contributed by atoms with Gasteiger partial charge in [0.05, 0.1) is 11.5 Å². The molecule has 7 nitrogen and oxygen atoms in total. The fourth-order valence-electron chi connectivity index (χ4n) is 2.71. The quantitative estimate of drug-likeness (QED) is 0.828. The van der Waals surface area contributed by atoms with Gasteiger partial charge in [0.1, 0.15) is 5.69 Å². The molecule has 1 unspecified atom stereocenters. The number of sulfone groups is 1. The molecule has 1 N–H and O–H groups in total. The number of imidazole rings is 1. The second kappa shape index (κ2) is 4.76. The molecule has 20 heavy (non-hydrogen) atoms. The SMILES string of the molecule is CN(C(=O)c1cn2c(n1)NCCC2)C1CCS(=O)(=O)C1. The summed E-state index contributed by atoms with van der Waals surface area (Å²) in [5.41, 5.74) is 0.376. The van der Waals surface area contributed by atoms with Crippen LogP contribution in [0, 0.1) is 0 Å². The van der Waals surface area contributed by atoms with Gasteiger partial charge in [0.15, 0.2) is 9.84 Å². The van der Waals surface area contributed by atoms with Crippen LogP contribution in [0.4, 0.5) is 5.95 Å². The van der Waals surface area contributed by atoms with Crippen LogP contribution in [0.3, 0.4) is 0 Å². The molecule has 3 rings (SSSR count). The van der Waals surface area contributed by atoms with Crippen molar-refractivity contribution in [1.82, 2.24) is 14.5 Å². The highest BCUT2D eigenvalue weighted by atomic mass is 32.2. The van der Waals surface area contributed by atoms with Crippen molar-refractivity contribution in [2.45, 2.75) is 25.4 Å². The summed E-state index contributed by atoms with van der Waals surface area (Å²) in [5, 5.41) is 3.14. The average molecular weight is 298 g/mol. The van der Waals surface area contributed by atoms with Gasteiger partial charge < -0.3 is 14.8 Å². The molecule has 110 valence electrons. The number of rotatable bonds is 2. The Morgan fingerprint density at radius 3 is 3.00 bits per heavy atom. The molecule has 8 heteroatoms. The second-order valence-corrected chi connectivity index (χ2v) is 7.63. The van der Waals surface area contributed by atoms with Gasteiger partial charge in [-0.1, -0.05) is 0 Å². The molecular weight excluding hydrogens is 280 g/mol. The lowest BCUT2D eigenvalue weighted by Gasteiger charge is -2.22. The number of nitrogens with zero attached hydrogens (tertiary/aromatic N) is 3. The molecule has 3 heterocycles. The Hall–Kier alpha value is -1.57. The predicted octanol–water partition coefficient (Wildman–Crippen LogP) is -0.0422. The molecule has 0 bridgehead atoms. The lowest BCUT2D eigenvalue weighted by Crippen LogP contribution is -2.38. The van der Waals surface area contributed by atoms with Crippen molar-refractivity contribution in [3.8, 4) is 0 Å². The standard InChI is InChI=1S/C12H18N4O3S/c1-15(9-3-6-20(18,19)8-9)11(17)10-7-16-5-2-4-13-12(16)14-10/h7,9H,2-6,8H2,1H3,(H,13,14). The normalized spacial score (nSPS) is 23.9. The molecule has 1 saturated heterocycles. The average Bonchev–Trinajstić information content (AvgIpc) is 3.00. The molecule has 0 spiro atoms. The minimum absolute atomic E-state index is 0.0566. The maximum atomic E-state index is 12.4. The summed E-state index contributed by atoms with van der Waals surface area (Å²) in [6.45, 7) is 1.71. The summed E-state index contributed by atoms with van der Waals surface area (Å²) < 4.78 is 24.9. The van der Waals surface area contributed by atoms with E-state index in [0.717, 1.165) is 19.5 Å². The van der Waals surface area contributed by atoms with Crippen molar-refractivity contribution in [2.75, 3.05) is 30.4 Å². The lowest BCUT2D eigenvalue weighted by molar-refractivity contribution is 0.0742. The fraction of sp³-hybridized carbons (Fsp3) is 0.667. The summed E-state index contributed by atoms with van der Waals surface area (Å²) in [6.07, 6.45) is 3.26. The van der Waals surface area contributed by atoms with E-state index < -0.39 is 9.84 Å². The van der Waals surface area contributed by atoms with Crippen LogP contribution in [-0.2, 0) is 16.4 Å². The molecular formula is C12H18N4O3S. The zero-order valence-electron chi connectivity index (χ0n) is 11.4. The number of amides is 1. The number of nitrogens with one attached hydrogen (secondary N) is 1. The van der Waals surface area contributed by atoms with Gasteiger partial charge in [-0.25, -0.2) is 13.4 Å². The highest BCUT2D eigenvalue weighted by Crippen LogP contribution is 2.20. The van der Waals surface area contributed by atoms with Gasteiger partial charge in [0, 0.05) is 32.4 Å². The number of aromatic nitrogens is 2. The third kappa shape index (κ3) is 2.39. The molecule has 1 atom stereocenters. The van der Waals surface area contributed by atoms with Crippen molar-refractivity contribution in [2.24, 2.45) is 0 Å². The van der Waals surface area contributed by atoms with Crippen molar-refractivity contribution in [3.63, 3.8) is 0 Å². The van der Waals surface area contributed by atoms with Crippen LogP contribution in [-0.4, -0.2) is 59.9 Å². The van der Waals surface area contributed by atoms with E-state index in [9.17, 15) is 13.2 Å². The minimum Gasteiger partial charge on any atom is -0.356 e.